The number of rotatable bonds is 4. The minimum atomic E-state index is 0.0827. The lowest BCUT2D eigenvalue weighted by Crippen LogP contribution is -2.36. The number of hydrogen-bond acceptors (Lipinski definition) is 4. The Labute approximate surface area is 155 Å². The maximum Gasteiger partial charge on any atom is 0.232 e. The van der Waals surface area contributed by atoms with Crippen LogP contribution in [0.4, 0.5) is 5.13 Å². The molecule has 0 N–H and O–H groups in total. The van der Waals surface area contributed by atoms with E-state index in [1.807, 2.05) is 30.3 Å². The molecule has 1 saturated carbocycles. The van der Waals surface area contributed by atoms with Gasteiger partial charge in [-0.25, -0.2) is 4.98 Å². The molecule has 1 aliphatic rings. The fraction of sp³-hybridized carbons (Fsp3) is 0.368. The molecule has 1 aromatic carbocycles. The SMILES string of the molecule is O=C(C1CCCCC1)N(Cc1ccco1)c1nc2ccc(Cl)cc2s1. The molecule has 0 atom stereocenters. The summed E-state index contributed by atoms with van der Waals surface area (Å²) in [4.78, 5) is 19.7. The number of hydrogen-bond donors (Lipinski definition) is 0. The summed E-state index contributed by atoms with van der Waals surface area (Å²) in [5.74, 6) is 1.00. The van der Waals surface area contributed by atoms with E-state index in [1.54, 1.807) is 11.2 Å². The lowest BCUT2D eigenvalue weighted by atomic mass is 9.88. The molecule has 6 heteroatoms. The number of aromatic nitrogens is 1. The highest BCUT2D eigenvalue weighted by Crippen LogP contribution is 2.34. The molecule has 25 heavy (non-hydrogen) atoms. The van der Waals surface area contributed by atoms with Crippen LogP contribution in [0, 0.1) is 5.92 Å². The van der Waals surface area contributed by atoms with Gasteiger partial charge in [-0.2, -0.15) is 0 Å². The quantitative estimate of drug-likeness (QED) is 0.592. The van der Waals surface area contributed by atoms with Crippen molar-refractivity contribution in [2.75, 3.05) is 4.90 Å². The van der Waals surface area contributed by atoms with Crippen molar-refractivity contribution >= 4 is 44.2 Å². The zero-order valence-electron chi connectivity index (χ0n) is 13.8. The Balaban J connectivity index is 1.68. The fourth-order valence-corrected chi connectivity index (χ4v) is 4.62. The van der Waals surface area contributed by atoms with Crippen LogP contribution in [0.1, 0.15) is 37.9 Å². The van der Waals surface area contributed by atoms with Gasteiger partial charge in [-0.1, -0.05) is 42.2 Å². The van der Waals surface area contributed by atoms with Crippen molar-refractivity contribution in [2.24, 2.45) is 5.92 Å². The molecule has 130 valence electrons. The highest BCUT2D eigenvalue weighted by molar-refractivity contribution is 7.22. The van der Waals surface area contributed by atoms with E-state index in [2.05, 4.69) is 4.98 Å². The number of thiazole rings is 1. The topological polar surface area (TPSA) is 46.3 Å². The van der Waals surface area contributed by atoms with Gasteiger partial charge in [-0.3, -0.25) is 9.69 Å². The minimum absolute atomic E-state index is 0.0827. The van der Waals surface area contributed by atoms with Crippen LogP contribution in [0.15, 0.2) is 41.0 Å². The van der Waals surface area contributed by atoms with Gasteiger partial charge in [0.05, 0.1) is 23.0 Å². The van der Waals surface area contributed by atoms with Crippen LogP contribution >= 0.6 is 22.9 Å². The fourth-order valence-electron chi connectivity index (χ4n) is 3.37. The molecule has 4 nitrogen and oxygen atoms in total. The first-order chi connectivity index (χ1) is 12.2. The van der Waals surface area contributed by atoms with Crippen LogP contribution in [0.2, 0.25) is 5.02 Å². The largest absolute Gasteiger partial charge is 0.467 e. The van der Waals surface area contributed by atoms with Gasteiger partial charge in [0.25, 0.3) is 0 Å². The van der Waals surface area contributed by atoms with Crippen LogP contribution < -0.4 is 4.90 Å². The van der Waals surface area contributed by atoms with Gasteiger partial charge < -0.3 is 4.42 Å². The van der Waals surface area contributed by atoms with E-state index >= 15 is 0 Å². The average molecular weight is 375 g/mol. The third-order valence-electron chi connectivity index (χ3n) is 4.68. The summed E-state index contributed by atoms with van der Waals surface area (Å²) < 4.78 is 6.47. The molecule has 0 saturated heterocycles. The van der Waals surface area contributed by atoms with Gasteiger partial charge in [0.15, 0.2) is 5.13 Å². The van der Waals surface area contributed by atoms with Crippen LogP contribution in [0.3, 0.4) is 0 Å². The normalized spacial score (nSPS) is 15.6. The van der Waals surface area contributed by atoms with Crippen LogP contribution in [-0.2, 0) is 11.3 Å². The summed E-state index contributed by atoms with van der Waals surface area (Å²) in [6.07, 6.45) is 7.04. The molecule has 2 aromatic heterocycles. The van der Waals surface area contributed by atoms with Crippen molar-refractivity contribution in [3.8, 4) is 0 Å². The molecule has 1 amide bonds. The van der Waals surface area contributed by atoms with Crippen molar-refractivity contribution in [3.05, 3.63) is 47.4 Å². The number of carbonyl (C=O) groups is 1. The van der Waals surface area contributed by atoms with Gasteiger partial charge in [0, 0.05) is 10.9 Å². The van der Waals surface area contributed by atoms with Gasteiger partial charge in [-0.05, 0) is 43.2 Å². The second-order valence-electron chi connectivity index (χ2n) is 6.45. The van der Waals surface area contributed by atoms with Crippen LogP contribution in [0.5, 0.6) is 0 Å². The molecule has 1 fully saturated rings. The third-order valence-corrected chi connectivity index (χ3v) is 5.96. The zero-order valence-corrected chi connectivity index (χ0v) is 15.4. The number of anilines is 1. The first-order valence-electron chi connectivity index (χ1n) is 8.60. The van der Waals surface area contributed by atoms with E-state index in [9.17, 15) is 4.79 Å². The summed E-state index contributed by atoms with van der Waals surface area (Å²) in [7, 11) is 0. The molecule has 1 aliphatic carbocycles. The molecule has 0 unspecified atom stereocenters. The van der Waals surface area contributed by atoms with E-state index < -0.39 is 0 Å². The molecule has 0 spiro atoms. The second-order valence-corrected chi connectivity index (χ2v) is 7.89. The van der Waals surface area contributed by atoms with Crippen LogP contribution in [0.25, 0.3) is 10.2 Å². The highest BCUT2D eigenvalue weighted by atomic mass is 35.5. The summed E-state index contributed by atoms with van der Waals surface area (Å²) in [5, 5.41) is 1.39. The van der Waals surface area contributed by atoms with Gasteiger partial charge in [0.2, 0.25) is 5.91 Å². The standard InChI is InChI=1S/C19H19ClN2O2S/c20-14-8-9-16-17(11-14)25-19(21-16)22(12-15-7-4-10-24-15)18(23)13-5-2-1-3-6-13/h4,7-11,13H,1-3,5-6,12H2. The third kappa shape index (κ3) is 3.58. The van der Waals surface area contributed by atoms with Crippen molar-refractivity contribution < 1.29 is 9.21 Å². The monoisotopic (exact) mass is 374 g/mol. The molecular weight excluding hydrogens is 356 g/mol. The zero-order chi connectivity index (χ0) is 17.2. The second kappa shape index (κ2) is 7.18. The molecular formula is C19H19ClN2O2S. The Hall–Kier alpha value is -1.85. The van der Waals surface area contributed by atoms with E-state index in [4.69, 9.17) is 16.0 Å². The Kier molecular flexibility index (Phi) is 4.77. The minimum Gasteiger partial charge on any atom is -0.467 e. The first-order valence-corrected chi connectivity index (χ1v) is 9.80. The predicted octanol–water partition coefficient (Wildman–Crippen LogP) is 5.66. The Morgan fingerprint density at radius 2 is 2.12 bits per heavy atom. The van der Waals surface area contributed by atoms with Crippen molar-refractivity contribution in [1.29, 1.82) is 0 Å². The summed E-state index contributed by atoms with van der Waals surface area (Å²) in [5.41, 5.74) is 0.866. The average Bonchev–Trinajstić information content (AvgIpc) is 3.28. The number of amides is 1. The van der Waals surface area contributed by atoms with E-state index in [-0.39, 0.29) is 11.8 Å². The predicted molar refractivity (Wildman–Crippen MR) is 101 cm³/mol. The van der Waals surface area contributed by atoms with Gasteiger partial charge in [-0.15, -0.1) is 0 Å². The Morgan fingerprint density at radius 3 is 2.88 bits per heavy atom. The highest BCUT2D eigenvalue weighted by Gasteiger charge is 2.29. The maximum atomic E-state index is 13.2. The summed E-state index contributed by atoms with van der Waals surface area (Å²) >= 11 is 7.59. The molecule has 4 rings (SSSR count). The summed E-state index contributed by atoms with van der Waals surface area (Å²) in [6.45, 7) is 0.413. The lowest BCUT2D eigenvalue weighted by Gasteiger charge is -2.27. The van der Waals surface area contributed by atoms with Crippen LogP contribution in [-0.4, -0.2) is 10.9 Å². The van der Waals surface area contributed by atoms with E-state index in [1.165, 1.54) is 17.8 Å². The number of carbonyl (C=O) groups excluding carboxylic acids is 1. The number of fused-ring (bicyclic) bond motifs is 1. The van der Waals surface area contributed by atoms with E-state index in [0.29, 0.717) is 16.7 Å². The van der Waals surface area contributed by atoms with Crippen molar-refractivity contribution in [3.63, 3.8) is 0 Å². The Morgan fingerprint density at radius 1 is 1.28 bits per heavy atom. The lowest BCUT2D eigenvalue weighted by molar-refractivity contribution is -0.123. The van der Waals surface area contributed by atoms with Gasteiger partial charge >= 0.3 is 0 Å². The first kappa shape index (κ1) is 16.6. The summed E-state index contributed by atoms with van der Waals surface area (Å²) in [6, 6.07) is 9.36. The van der Waals surface area contributed by atoms with E-state index in [0.717, 1.165) is 41.7 Å². The number of nitrogens with zero attached hydrogens (tertiary/aromatic N) is 2. The van der Waals surface area contributed by atoms with Gasteiger partial charge in [0.1, 0.15) is 5.76 Å². The molecule has 3 aromatic rings. The number of benzene rings is 1. The number of halogens is 1. The maximum absolute atomic E-state index is 13.2. The number of furan rings is 1. The molecule has 0 aliphatic heterocycles. The van der Waals surface area contributed by atoms with Crippen molar-refractivity contribution in [2.45, 2.75) is 38.6 Å². The molecule has 0 bridgehead atoms. The molecule has 2 heterocycles. The van der Waals surface area contributed by atoms with Crippen molar-refractivity contribution in [1.82, 2.24) is 4.98 Å². The molecule has 0 radical (unpaired) electrons. The smallest absolute Gasteiger partial charge is 0.232 e. The Bertz CT molecular complexity index is 869.